The zero-order chi connectivity index (χ0) is 19.6. The van der Waals surface area contributed by atoms with Crippen LogP contribution in [0.15, 0.2) is 47.5 Å². The lowest BCUT2D eigenvalue weighted by Gasteiger charge is -2.19. The normalized spacial score (nSPS) is 16.9. The first-order valence-electron chi connectivity index (χ1n) is 8.29. The first-order chi connectivity index (χ1) is 12.9. The Hall–Kier alpha value is -2.07. The lowest BCUT2D eigenvalue weighted by molar-refractivity contribution is -0.150. The van der Waals surface area contributed by atoms with Crippen LogP contribution in [0, 0.1) is 3.57 Å². The maximum atomic E-state index is 12.7. The van der Waals surface area contributed by atoms with E-state index < -0.39 is 23.2 Å². The van der Waals surface area contributed by atoms with E-state index in [0.29, 0.717) is 0 Å². The summed E-state index contributed by atoms with van der Waals surface area (Å²) < 4.78 is 7.98. The molecule has 1 atom stereocenters. The molecule has 0 aliphatic carbocycles. The Balaban J connectivity index is 1.88. The van der Waals surface area contributed by atoms with E-state index in [1.807, 2.05) is 47.2 Å². The summed E-state index contributed by atoms with van der Waals surface area (Å²) >= 11 is 3.06. The van der Waals surface area contributed by atoms with Gasteiger partial charge >= 0.3 is 5.97 Å². The molecule has 0 bridgehead atoms. The molecular weight excluding hydrogens is 479 g/mol. The highest BCUT2D eigenvalue weighted by molar-refractivity contribution is 14.1. The molecule has 1 unspecified atom stereocenters. The van der Waals surface area contributed by atoms with E-state index in [4.69, 9.17) is 4.74 Å². The number of benzene rings is 1. The number of hydrogen-bond acceptors (Lipinski definition) is 5. The third-order valence-corrected chi connectivity index (χ3v) is 5.61. The largest absolute Gasteiger partial charge is 0.464 e. The number of thioether (sulfide) groups is 1. The average molecular weight is 496 g/mol. The zero-order valence-electron chi connectivity index (χ0n) is 14.7. The zero-order valence-corrected chi connectivity index (χ0v) is 17.7. The van der Waals surface area contributed by atoms with Crippen molar-refractivity contribution in [3.63, 3.8) is 0 Å². The van der Waals surface area contributed by atoms with Crippen LogP contribution in [-0.4, -0.2) is 39.2 Å². The Morgan fingerprint density at radius 3 is 2.63 bits per heavy atom. The molecule has 6 nitrogen and oxygen atoms in total. The van der Waals surface area contributed by atoms with Gasteiger partial charge < -0.3 is 9.30 Å². The summed E-state index contributed by atoms with van der Waals surface area (Å²) in [5, 5.41) is -0.473. The number of halogens is 1. The quantitative estimate of drug-likeness (QED) is 0.355. The maximum absolute atomic E-state index is 12.7. The van der Waals surface area contributed by atoms with Crippen molar-refractivity contribution in [3.8, 4) is 5.69 Å². The third kappa shape index (κ3) is 4.11. The van der Waals surface area contributed by atoms with Crippen LogP contribution < -0.4 is 0 Å². The number of imide groups is 1. The summed E-state index contributed by atoms with van der Waals surface area (Å²) in [6.45, 7) is 3.36. The molecule has 0 N–H and O–H groups in total. The van der Waals surface area contributed by atoms with Crippen LogP contribution in [0.4, 0.5) is 4.79 Å². The van der Waals surface area contributed by atoms with Gasteiger partial charge in [0.25, 0.3) is 11.1 Å². The molecule has 2 amide bonds. The number of aromatic nitrogens is 1. The molecule has 1 aromatic heterocycles. The fourth-order valence-electron chi connectivity index (χ4n) is 2.66. The van der Waals surface area contributed by atoms with Crippen molar-refractivity contribution in [2.75, 3.05) is 6.61 Å². The highest BCUT2D eigenvalue weighted by atomic mass is 127. The van der Waals surface area contributed by atoms with Crippen molar-refractivity contribution in [1.82, 2.24) is 9.47 Å². The average Bonchev–Trinajstić information content (AvgIpc) is 3.20. The predicted molar refractivity (Wildman–Crippen MR) is 112 cm³/mol. The second kappa shape index (κ2) is 8.30. The summed E-state index contributed by atoms with van der Waals surface area (Å²) in [6.07, 6.45) is 3.56. The molecule has 1 aliphatic rings. The molecule has 1 aromatic carbocycles. The number of carbonyl (C=O) groups is 3. The summed E-state index contributed by atoms with van der Waals surface area (Å²) in [5.74, 6) is -1.08. The number of hydrogen-bond donors (Lipinski definition) is 0. The molecule has 1 saturated heterocycles. The van der Waals surface area contributed by atoms with E-state index >= 15 is 0 Å². The van der Waals surface area contributed by atoms with Crippen molar-refractivity contribution in [1.29, 1.82) is 0 Å². The van der Waals surface area contributed by atoms with Crippen LogP contribution in [0.5, 0.6) is 0 Å². The minimum absolute atomic E-state index is 0.193. The molecule has 2 heterocycles. The molecule has 27 heavy (non-hydrogen) atoms. The fourth-order valence-corrected chi connectivity index (χ4v) is 3.92. The Morgan fingerprint density at radius 2 is 1.96 bits per heavy atom. The minimum atomic E-state index is -0.952. The van der Waals surface area contributed by atoms with Crippen LogP contribution in [0.2, 0.25) is 0 Å². The van der Waals surface area contributed by atoms with Crippen LogP contribution in [0.1, 0.15) is 19.5 Å². The van der Waals surface area contributed by atoms with Gasteiger partial charge in [0.05, 0.1) is 11.5 Å². The van der Waals surface area contributed by atoms with Gasteiger partial charge in [0, 0.05) is 21.1 Å². The first-order valence-corrected chi connectivity index (χ1v) is 10.2. The lowest BCUT2D eigenvalue weighted by Crippen LogP contribution is -2.42. The van der Waals surface area contributed by atoms with Crippen molar-refractivity contribution in [2.24, 2.45) is 0 Å². The minimum Gasteiger partial charge on any atom is -0.464 e. The molecule has 8 heteroatoms. The van der Waals surface area contributed by atoms with Crippen molar-refractivity contribution in [3.05, 3.63) is 56.8 Å². The van der Waals surface area contributed by atoms with E-state index in [1.165, 1.54) is 6.92 Å². The van der Waals surface area contributed by atoms with Gasteiger partial charge in [-0.25, -0.2) is 4.79 Å². The number of nitrogens with zero attached hydrogens (tertiary/aromatic N) is 2. The Morgan fingerprint density at radius 1 is 1.26 bits per heavy atom. The number of carbonyl (C=O) groups excluding carboxylic acids is 3. The monoisotopic (exact) mass is 496 g/mol. The number of ether oxygens (including phenoxy) is 1. The summed E-state index contributed by atoms with van der Waals surface area (Å²) in [6, 6.07) is 10.7. The Bertz CT molecular complexity index is 920. The van der Waals surface area contributed by atoms with Gasteiger partial charge in [-0.3, -0.25) is 14.5 Å². The fraction of sp³-hybridized carbons (Fsp3) is 0.211. The van der Waals surface area contributed by atoms with E-state index in [0.717, 1.165) is 31.6 Å². The molecule has 140 valence electrons. The molecule has 2 aromatic rings. The molecule has 1 aliphatic heterocycles. The highest BCUT2D eigenvalue weighted by Gasteiger charge is 2.41. The third-order valence-electron chi connectivity index (χ3n) is 4.00. The summed E-state index contributed by atoms with van der Waals surface area (Å²) in [4.78, 5) is 38.1. The van der Waals surface area contributed by atoms with Crippen LogP contribution in [0.3, 0.4) is 0 Å². The first kappa shape index (κ1) is 19.7. The molecular formula is C19H17IN2O4S. The van der Waals surface area contributed by atoms with Crippen LogP contribution >= 0.6 is 34.4 Å². The number of rotatable bonds is 5. The molecule has 0 radical (unpaired) electrons. The maximum Gasteiger partial charge on any atom is 0.329 e. The van der Waals surface area contributed by atoms with Gasteiger partial charge in [-0.1, -0.05) is 0 Å². The Kier molecular flexibility index (Phi) is 6.05. The van der Waals surface area contributed by atoms with E-state index in [-0.39, 0.29) is 11.5 Å². The van der Waals surface area contributed by atoms with Gasteiger partial charge in [0.2, 0.25) is 0 Å². The number of esters is 1. The van der Waals surface area contributed by atoms with Gasteiger partial charge in [-0.2, -0.15) is 0 Å². The second-order valence-corrected chi connectivity index (χ2v) is 8.00. The van der Waals surface area contributed by atoms with Gasteiger partial charge in [-0.05, 0) is 90.7 Å². The molecule has 0 saturated carbocycles. The topological polar surface area (TPSA) is 68.6 Å². The summed E-state index contributed by atoms with van der Waals surface area (Å²) in [5.41, 5.74) is 1.72. The van der Waals surface area contributed by atoms with Gasteiger partial charge in [-0.15, -0.1) is 0 Å². The van der Waals surface area contributed by atoms with E-state index in [2.05, 4.69) is 22.6 Å². The lowest BCUT2D eigenvalue weighted by atomic mass is 10.2. The molecule has 0 spiro atoms. The van der Waals surface area contributed by atoms with Crippen LogP contribution in [-0.2, 0) is 14.3 Å². The summed E-state index contributed by atoms with van der Waals surface area (Å²) in [7, 11) is 0. The highest BCUT2D eigenvalue weighted by Crippen LogP contribution is 2.34. The van der Waals surface area contributed by atoms with Crippen molar-refractivity contribution >= 4 is 57.5 Å². The Labute approximate surface area is 174 Å². The van der Waals surface area contributed by atoms with Crippen molar-refractivity contribution < 1.29 is 19.1 Å². The smallest absolute Gasteiger partial charge is 0.329 e. The second-order valence-electron chi connectivity index (χ2n) is 5.76. The molecule has 3 rings (SSSR count). The van der Waals surface area contributed by atoms with Crippen LogP contribution in [0.25, 0.3) is 11.8 Å². The number of amides is 2. The SMILES string of the molecule is CCOC(=O)C(C)N1C(=O)S/C(=C\c2cccn2-c2ccc(I)cc2)C1=O. The predicted octanol–water partition coefficient (Wildman–Crippen LogP) is 4.07. The molecule has 1 fully saturated rings. The van der Waals surface area contributed by atoms with E-state index in [9.17, 15) is 14.4 Å². The van der Waals surface area contributed by atoms with Crippen molar-refractivity contribution in [2.45, 2.75) is 19.9 Å². The van der Waals surface area contributed by atoms with E-state index in [1.54, 1.807) is 13.0 Å². The van der Waals surface area contributed by atoms with Gasteiger partial charge in [0.15, 0.2) is 0 Å². The van der Waals surface area contributed by atoms with Gasteiger partial charge in [0.1, 0.15) is 6.04 Å². The standard InChI is InChI=1S/C19H17IN2O4S/c1-3-26-18(24)12(2)22-17(23)16(27-19(22)25)11-15-5-4-10-21(15)14-8-6-13(20)7-9-14/h4-12H,3H2,1-2H3/b16-11-.